The standard InChI is InChI=1S/C24H24N8O2S/c1-3-34-23(33)16-6-8-31(9-7-16)24-30-29-22(35-24)18-14-27-20(11-19(18)26-2)21-5-4-17-10-15(12-25)13-28-32(17)21/h4-5,10-11,13-14,16H,3,6-9H2,1-2H3,(H,26,27). The fraction of sp³-hybridized carbons (Fsp3) is 0.333. The first-order valence-corrected chi connectivity index (χ1v) is 12.2. The number of anilines is 2. The largest absolute Gasteiger partial charge is 0.466 e. The summed E-state index contributed by atoms with van der Waals surface area (Å²) in [6, 6.07) is 9.72. The lowest BCUT2D eigenvalue weighted by Crippen LogP contribution is -2.36. The van der Waals surface area contributed by atoms with E-state index in [0.29, 0.717) is 12.2 Å². The minimum Gasteiger partial charge on any atom is -0.466 e. The number of nitriles is 1. The number of hydrogen-bond donors (Lipinski definition) is 1. The minimum atomic E-state index is -0.105. The molecular formula is C24H24N8O2S. The van der Waals surface area contributed by atoms with E-state index in [1.807, 2.05) is 32.2 Å². The van der Waals surface area contributed by atoms with Crippen LogP contribution in [-0.2, 0) is 9.53 Å². The normalized spacial score (nSPS) is 14.1. The van der Waals surface area contributed by atoms with Crippen molar-refractivity contribution in [2.24, 2.45) is 5.92 Å². The lowest BCUT2D eigenvalue weighted by Gasteiger charge is -2.30. The van der Waals surface area contributed by atoms with Gasteiger partial charge in [-0.05, 0) is 44.0 Å². The van der Waals surface area contributed by atoms with Crippen molar-refractivity contribution in [3.8, 4) is 28.0 Å². The topological polar surface area (TPSA) is 121 Å². The van der Waals surface area contributed by atoms with Gasteiger partial charge in [-0.3, -0.25) is 9.78 Å². The summed E-state index contributed by atoms with van der Waals surface area (Å²) in [7, 11) is 1.86. The zero-order valence-electron chi connectivity index (χ0n) is 19.4. The molecule has 0 unspecified atom stereocenters. The number of ether oxygens (including phenoxy) is 1. The number of piperidine rings is 1. The van der Waals surface area contributed by atoms with Gasteiger partial charge < -0.3 is 15.0 Å². The monoisotopic (exact) mass is 488 g/mol. The van der Waals surface area contributed by atoms with Crippen LogP contribution < -0.4 is 10.2 Å². The highest BCUT2D eigenvalue weighted by Crippen LogP contribution is 2.36. The molecular weight excluding hydrogens is 464 g/mol. The van der Waals surface area contributed by atoms with Crippen molar-refractivity contribution in [1.82, 2.24) is 24.8 Å². The van der Waals surface area contributed by atoms with Crippen molar-refractivity contribution in [3.05, 3.63) is 42.2 Å². The molecule has 5 heterocycles. The van der Waals surface area contributed by atoms with Gasteiger partial charge in [0.05, 0.1) is 46.8 Å². The number of carbonyl (C=O) groups excluding carboxylic acids is 1. The first kappa shape index (κ1) is 22.7. The molecule has 0 aliphatic carbocycles. The number of aromatic nitrogens is 5. The van der Waals surface area contributed by atoms with Crippen molar-refractivity contribution < 1.29 is 9.53 Å². The molecule has 4 aromatic heterocycles. The Morgan fingerprint density at radius 3 is 2.83 bits per heavy atom. The lowest BCUT2D eigenvalue weighted by molar-refractivity contribution is -0.148. The van der Waals surface area contributed by atoms with Crippen LogP contribution in [0.1, 0.15) is 25.3 Å². The van der Waals surface area contributed by atoms with Crippen LogP contribution in [0.4, 0.5) is 10.8 Å². The molecule has 0 amide bonds. The second-order valence-corrected chi connectivity index (χ2v) is 9.14. The number of nitrogens with zero attached hydrogens (tertiary/aromatic N) is 7. The van der Waals surface area contributed by atoms with E-state index in [1.54, 1.807) is 23.0 Å². The fourth-order valence-corrected chi connectivity index (χ4v) is 5.17. The summed E-state index contributed by atoms with van der Waals surface area (Å²) >= 11 is 1.51. The predicted octanol–water partition coefficient (Wildman–Crippen LogP) is 3.61. The molecule has 178 valence electrons. The molecule has 0 radical (unpaired) electrons. The Bertz CT molecular complexity index is 1410. The average molecular weight is 489 g/mol. The zero-order chi connectivity index (χ0) is 24.4. The number of fused-ring (bicyclic) bond motifs is 1. The summed E-state index contributed by atoms with van der Waals surface area (Å²) in [5, 5.41) is 27.2. The Kier molecular flexibility index (Phi) is 6.29. The van der Waals surface area contributed by atoms with Crippen LogP contribution in [0.5, 0.6) is 0 Å². The lowest BCUT2D eigenvalue weighted by atomic mass is 9.97. The van der Waals surface area contributed by atoms with Gasteiger partial charge in [-0.25, -0.2) is 4.52 Å². The maximum atomic E-state index is 12.0. The molecule has 35 heavy (non-hydrogen) atoms. The Morgan fingerprint density at radius 1 is 1.26 bits per heavy atom. The van der Waals surface area contributed by atoms with E-state index in [1.165, 1.54) is 11.3 Å². The van der Waals surface area contributed by atoms with Gasteiger partial charge in [0.15, 0.2) is 5.01 Å². The van der Waals surface area contributed by atoms with Gasteiger partial charge in [0.1, 0.15) is 6.07 Å². The Labute approximate surface area is 206 Å². The Balaban J connectivity index is 1.37. The summed E-state index contributed by atoms with van der Waals surface area (Å²) in [6.07, 6.45) is 4.84. The summed E-state index contributed by atoms with van der Waals surface area (Å²) in [4.78, 5) is 18.9. The van der Waals surface area contributed by atoms with Gasteiger partial charge in [0, 0.05) is 32.0 Å². The number of carbonyl (C=O) groups is 1. The van der Waals surface area contributed by atoms with Crippen molar-refractivity contribution >= 4 is 33.6 Å². The molecule has 5 rings (SSSR count). The van der Waals surface area contributed by atoms with E-state index in [0.717, 1.165) is 64.2 Å². The van der Waals surface area contributed by atoms with Crippen LogP contribution in [0, 0.1) is 17.2 Å². The van der Waals surface area contributed by atoms with Crippen LogP contribution >= 0.6 is 11.3 Å². The van der Waals surface area contributed by atoms with Crippen LogP contribution in [-0.4, -0.2) is 57.5 Å². The van der Waals surface area contributed by atoms with Crippen LogP contribution in [0.25, 0.3) is 27.5 Å². The molecule has 1 saturated heterocycles. The van der Waals surface area contributed by atoms with E-state index in [9.17, 15) is 4.79 Å². The second kappa shape index (κ2) is 9.68. The molecule has 0 saturated carbocycles. The Morgan fingerprint density at radius 2 is 2.09 bits per heavy atom. The first-order valence-electron chi connectivity index (χ1n) is 11.4. The second-order valence-electron chi connectivity index (χ2n) is 8.18. The highest BCUT2D eigenvalue weighted by molar-refractivity contribution is 7.18. The summed E-state index contributed by atoms with van der Waals surface area (Å²) in [6.45, 7) is 3.74. The molecule has 11 heteroatoms. The zero-order valence-corrected chi connectivity index (χ0v) is 20.2. The smallest absolute Gasteiger partial charge is 0.309 e. The van der Waals surface area contributed by atoms with E-state index >= 15 is 0 Å². The van der Waals surface area contributed by atoms with Gasteiger partial charge in [-0.1, -0.05) is 11.3 Å². The van der Waals surface area contributed by atoms with E-state index in [4.69, 9.17) is 10.00 Å². The average Bonchev–Trinajstić information content (AvgIpc) is 3.56. The van der Waals surface area contributed by atoms with Gasteiger partial charge in [-0.2, -0.15) is 10.4 Å². The van der Waals surface area contributed by atoms with Crippen molar-refractivity contribution in [2.45, 2.75) is 19.8 Å². The summed E-state index contributed by atoms with van der Waals surface area (Å²) in [5.74, 6) is -0.149. The minimum absolute atomic E-state index is 0.0441. The van der Waals surface area contributed by atoms with Gasteiger partial charge >= 0.3 is 5.97 Å². The fourth-order valence-electron chi connectivity index (χ4n) is 4.25. The van der Waals surface area contributed by atoms with Crippen LogP contribution in [0.3, 0.4) is 0 Å². The third-order valence-corrected chi connectivity index (χ3v) is 7.11. The summed E-state index contributed by atoms with van der Waals surface area (Å²) < 4.78 is 6.93. The highest BCUT2D eigenvalue weighted by atomic mass is 32.1. The molecule has 0 bridgehead atoms. The van der Waals surface area contributed by atoms with Gasteiger partial charge in [-0.15, -0.1) is 10.2 Å². The molecule has 1 fully saturated rings. The number of hydrogen-bond acceptors (Lipinski definition) is 10. The van der Waals surface area contributed by atoms with Crippen LogP contribution in [0.15, 0.2) is 36.7 Å². The third kappa shape index (κ3) is 4.40. The quantitative estimate of drug-likeness (QED) is 0.406. The molecule has 10 nitrogen and oxygen atoms in total. The molecule has 0 spiro atoms. The Hall–Kier alpha value is -4.04. The predicted molar refractivity (Wildman–Crippen MR) is 133 cm³/mol. The molecule has 1 N–H and O–H groups in total. The highest BCUT2D eigenvalue weighted by Gasteiger charge is 2.28. The molecule has 1 aliphatic heterocycles. The van der Waals surface area contributed by atoms with E-state index < -0.39 is 0 Å². The molecule has 4 aromatic rings. The molecule has 0 atom stereocenters. The maximum Gasteiger partial charge on any atom is 0.309 e. The first-order chi connectivity index (χ1) is 17.1. The SMILES string of the molecule is CCOC(=O)C1CCN(c2nnc(-c3cnc(-c4ccc5cc(C#N)cnn45)cc3NC)s2)CC1. The number of nitrogens with one attached hydrogen (secondary N) is 1. The van der Waals surface area contributed by atoms with Gasteiger partial charge in [0.25, 0.3) is 0 Å². The molecule has 0 aromatic carbocycles. The van der Waals surface area contributed by atoms with E-state index in [-0.39, 0.29) is 11.9 Å². The number of esters is 1. The van der Waals surface area contributed by atoms with Gasteiger partial charge in [0.2, 0.25) is 5.13 Å². The maximum absolute atomic E-state index is 12.0. The third-order valence-electron chi connectivity index (χ3n) is 6.10. The number of pyridine rings is 1. The summed E-state index contributed by atoms with van der Waals surface area (Å²) in [5.41, 5.74) is 4.66. The number of rotatable bonds is 6. The molecule has 1 aliphatic rings. The van der Waals surface area contributed by atoms with Crippen molar-refractivity contribution in [1.29, 1.82) is 5.26 Å². The van der Waals surface area contributed by atoms with Crippen LogP contribution in [0.2, 0.25) is 0 Å². The van der Waals surface area contributed by atoms with Crippen molar-refractivity contribution in [2.75, 3.05) is 37.0 Å². The van der Waals surface area contributed by atoms with Crippen molar-refractivity contribution in [3.63, 3.8) is 0 Å². The van der Waals surface area contributed by atoms with E-state index in [2.05, 4.69) is 36.6 Å².